The minimum absolute atomic E-state index is 0.261. The fraction of sp³-hybridized carbons (Fsp3) is 0.889. The van der Waals surface area contributed by atoms with Crippen molar-refractivity contribution in [1.82, 2.24) is 0 Å². The maximum absolute atomic E-state index is 5.92. The van der Waals surface area contributed by atoms with Crippen molar-refractivity contribution < 1.29 is 9.47 Å². The zero-order valence-corrected chi connectivity index (χ0v) is 13.5. The summed E-state index contributed by atoms with van der Waals surface area (Å²) in [5.41, 5.74) is 0. The maximum Gasteiger partial charge on any atom is 0.168 e. The summed E-state index contributed by atoms with van der Waals surface area (Å²) >= 11 is 0. The largest absolute Gasteiger partial charge is 0.348 e. The zero-order chi connectivity index (χ0) is 14.7. The number of unbranched alkanes of at least 4 members (excludes halogenated alkanes) is 5. The first-order valence-corrected chi connectivity index (χ1v) is 8.40. The standard InChI is InChI=1S/C18H32O2/c1-4-5-6-7-8-10-13-18(19-15-16-20-18)14-11-9-12-17(2)3/h1,17H,5-16H2,2-3H3. The van der Waals surface area contributed by atoms with E-state index in [0.717, 1.165) is 44.8 Å². The van der Waals surface area contributed by atoms with E-state index in [0.29, 0.717) is 0 Å². The molecular weight excluding hydrogens is 248 g/mol. The van der Waals surface area contributed by atoms with Crippen molar-refractivity contribution in [2.75, 3.05) is 13.2 Å². The number of rotatable bonds is 11. The highest BCUT2D eigenvalue weighted by atomic mass is 16.7. The summed E-state index contributed by atoms with van der Waals surface area (Å²) in [5.74, 6) is 3.24. The van der Waals surface area contributed by atoms with Gasteiger partial charge in [0.25, 0.3) is 0 Å². The molecule has 1 aliphatic heterocycles. The molecule has 1 saturated heterocycles. The van der Waals surface area contributed by atoms with Gasteiger partial charge in [0.05, 0.1) is 13.2 Å². The van der Waals surface area contributed by atoms with Crippen molar-refractivity contribution in [2.45, 2.75) is 83.8 Å². The van der Waals surface area contributed by atoms with Crippen LogP contribution >= 0.6 is 0 Å². The van der Waals surface area contributed by atoms with Crippen LogP contribution < -0.4 is 0 Å². The van der Waals surface area contributed by atoms with E-state index in [1.165, 1.54) is 38.5 Å². The average Bonchev–Trinajstić information content (AvgIpc) is 2.88. The Morgan fingerprint density at radius 1 is 0.950 bits per heavy atom. The molecule has 0 aromatic heterocycles. The molecule has 1 rings (SSSR count). The molecule has 0 unspecified atom stereocenters. The third kappa shape index (κ3) is 7.31. The Bertz CT molecular complexity index is 272. The summed E-state index contributed by atoms with van der Waals surface area (Å²) in [6.45, 7) is 6.10. The van der Waals surface area contributed by atoms with Gasteiger partial charge >= 0.3 is 0 Å². The van der Waals surface area contributed by atoms with E-state index in [1.807, 2.05) is 0 Å². The van der Waals surface area contributed by atoms with Gasteiger partial charge in [-0.25, -0.2) is 0 Å². The molecule has 0 aromatic rings. The summed E-state index contributed by atoms with van der Waals surface area (Å²) in [7, 11) is 0. The predicted octanol–water partition coefficient (Wildman–Crippen LogP) is 4.92. The summed E-state index contributed by atoms with van der Waals surface area (Å²) in [4.78, 5) is 0. The first-order valence-electron chi connectivity index (χ1n) is 8.40. The minimum atomic E-state index is -0.261. The van der Waals surface area contributed by atoms with E-state index in [9.17, 15) is 0 Å². The second-order valence-electron chi connectivity index (χ2n) is 6.37. The molecule has 1 fully saturated rings. The van der Waals surface area contributed by atoms with E-state index in [-0.39, 0.29) is 5.79 Å². The number of hydrogen-bond donors (Lipinski definition) is 0. The highest BCUT2D eigenvalue weighted by Gasteiger charge is 2.35. The Kier molecular flexibility index (Phi) is 8.98. The zero-order valence-electron chi connectivity index (χ0n) is 13.5. The Morgan fingerprint density at radius 2 is 1.55 bits per heavy atom. The first-order chi connectivity index (χ1) is 9.68. The minimum Gasteiger partial charge on any atom is -0.348 e. The van der Waals surface area contributed by atoms with Gasteiger partial charge in [0.15, 0.2) is 5.79 Å². The normalized spacial score (nSPS) is 17.5. The maximum atomic E-state index is 5.92. The summed E-state index contributed by atoms with van der Waals surface area (Å²) in [6.07, 6.45) is 16.9. The third-order valence-electron chi connectivity index (χ3n) is 4.03. The van der Waals surface area contributed by atoms with Crippen LogP contribution in [0.2, 0.25) is 0 Å². The smallest absolute Gasteiger partial charge is 0.168 e. The van der Waals surface area contributed by atoms with Crippen molar-refractivity contribution >= 4 is 0 Å². The Balaban J connectivity index is 2.16. The van der Waals surface area contributed by atoms with Crippen LogP contribution in [0, 0.1) is 18.3 Å². The lowest BCUT2D eigenvalue weighted by molar-refractivity contribution is -0.168. The van der Waals surface area contributed by atoms with Gasteiger partial charge in [0.1, 0.15) is 0 Å². The van der Waals surface area contributed by atoms with Crippen LogP contribution in [0.3, 0.4) is 0 Å². The molecule has 116 valence electrons. The predicted molar refractivity (Wildman–Crippen MR) is 84.5 cm³/mol. The highest BCUT2D eigenvalue weighted by molar-refractivity contribution is 4.82. The molecule has 0 amide bonds. The van der Waals surface area contributed by atoms with Crippen LogP contribution in [0.5, 0.6) is 0 Å². The lowest BCUT2D eigenvalue weighted by Crippen LogP contribution is -2.30. The van der Waals surface area contributed by atoms with Crippen LogP contribution in [0.25, 0.3) is 0 Å². The number of terminal acetylenes is 1. The summed E-state index contributed by atoms with van der Waals surface area (Å²) in [5, 5.41) is 0. The van der Waals surface area contributed by atoms with Crippen LogP contribution in [0.15, 0.2) is 0 Å². The quantitative estimate of drug-likeness (QED) is 0.395. The molecule has 0 saturated carbocycles. The van der Waals surface area contributed by atoms with Crippen molar-refractivity contribution in [3.8, 4) is 12.3 Å². The summed E-state index contributed by atoms with van der Waals surface area (Å²) < 4.78 is 11.8. The second kappa shape index (κ2) is 10.2. The Labute approximate surface area is 125 Å². The average molecular weight is 280 g/mol. The molecule has 0 atom stereocenters. The molecular formula is C18H32O2. The molecule has 2 heteroatoms. The van der Waals surface area contributed by atoms with Gasteiger partial charge < -0.3 is 9.47 Å². The second-order valence-corrected chi connectivity index (χ2v) is 6.37. The topological polar surface area (TPSA) is 18.5 Å². The number of ether oxygens (including phenoxy) is 2. The molecule has 0 aliphatic carbocycles. The van der Waals surface area contributed by atoms with Gasteiger partial charge in [-0.05, 0) is 25.2 Å². The molecule has 0 N–H and O–H groups in total. The molecule has 0 aromatic carbocycles. The van der Waals surface area contributed by atoms with E-state index < -0.39 is 0 Å². The third-order valence-corrected chi connectivity index (χ3v) is 4.03. The Hall–Kier alpha value is -0.520. The Morgan fingerprint density at radius 3 is 2.15 bits per heavy atom. The van der Waals surface area contributed by atoms with Gasteiger partial charge in [-0.15, -0.1) is 12.3 Å². The van der Waals surface area contributed by atoms with Gasteiger partial charge in [0.2, 0.25) is 0 Å². The fourth-order valence-corrected chi connectivity index (χ4v) is 2.83. The molecule has 20 heavy (non-hydrogen) atoms. The van der Waals surface area contributed by atoms with Crippen LogP contribution in [-0.2, 0) is 9.47 Å². The van der Waals surface area contributed by atoms with E-state index in [1.54, 1.807) is 0 Å². The van der Waals surface area contributed by atoms with Crippen molar-refractivity contribution in [2.24, 2.45) is 5.92 Å². The molecule has 0 spiro atoms. The highest BCUT2D eigenvalue weighted by Crippen LogP contribution is 2.32. The van der Waals surface area contributed by atoms with Crippen LogP contribution in [0.4, 0.5) is 0 Å². The van der Waals surface area contributed by atoms with Crippen LogP contribution in [-0.4, -0.2) is 19.0 Å². The first kappa shape index (κ1) is 17.5. The molecule has 1 heterocycles. The molecule has 1 aliphatic rings. The van der Waals surface area contributed by atoms with Gasteiger partial charge in [0, 0.05) is 19.3 Å². The van der Waals surface area contributed by atoms with E-state index in [4.69, 9.17) is 15.9 Å². The molecule has 0 bridgehead atoms. The van der Waals surface area contributed by atoms with Gasteiger partial charge in [-0.2, -0.15) is 0 Å². The lowest BCUT2D eigenvalue weighted by atomic mass is 9.98. The van der Waals surface area contributed by atoms with Gasteiger partial charge in [-0.3, -0.25) is 0 Å². The SMILES string of the molecule is C#CCCCCCCC1(CCCCC(C)C)OCCO1. The van der Waals surface area contributed by atoms with E-state index >= 15 is 0 Å². The lowest BCUT2D eigenvalue weighted by Gasteiger charge is -2.27. The van der Waals surface area contributed by atoms with Crippen LogP contribution in [0.1, 0.15) is 78.1 Å². The van der Waals surface area contributed by atoms with Crippen molar-refractivity contribution in [1.29, 1.82) is 0 Å². The number of hydrogen-bond acceptors (Lipinski definition) is 2. The fourth-order valence-electron chi connectivity index (χ4n) is 2.83. The monoisotopic (exact) mass is 280 g/mol. The molecule has 0 radical (unpaired) electrons. The van der Waals surface area contributed by atoms with E-state index in [2.05, 4.69) is 19.8 Å². The van der Waals surface area contributed by atoms with Crippen molar-refractivity contribution in [3.63, 3.8) is 0 Å². The molecule has 2 nitrogen and oxygen atoms in total. The van der Waals surface area contributed by atoms with Crippen molar-refractivity contribution in [3.05, 3.63) is 0 Å². The summed E-state index contributed by atoms with van der Waals surface area (Å²) in [6, 6.07) is 0. The van der Waals surface area contributed by atoms with Gasteiger partial charge in [-0.1, -0.05) is 39.5 Å².